The van der Waals surface area contributed by atoms with Gasteiger partial charge in [0.05, 0.1) is 29.1 Å². The molecule has 3 aromatic rings. The standard InChI is InChI=1S/C11H9N5/c1-2-4-10-9(3-1)12-7-11(16-10)15-8-5-13-14-6-8/h1-7H,(H,13,14)(H,15,16). The number of anilines is 2. The van der Waals surface area contributed by atoms with E-state index in [0.29, 0.717) is 5.82 Å². The fraction of sp³-hybridized carbons (Fsp3) is 0. The minimum absolute atomic E-state index is 0.708. The van der Waals surface area contributed by atoms with Crippen LogP contribution in [0.2, 0.25) is 0 Å². The van der Waals surface area contributed by atoms with Gasteiger partial charge in [0.2, 0.25) is 0 Å². The molecule has 0 saturated carbocycles. The lowest BCUT2D eigenvalue weighted by Crippen LogP contribution is -1.93. The molecule has 0 unspecified atom stereocenters. The van der Waals surface area contributed by atoms with E-state index in [1.54, 1.807) is 18.6 Å². The number of hydrogen-bond acceptors (Lipinski definition) is 4. The lowest BCUT2D eigenvalue weighted by molar-refractivity contribution is 1.09. The van der Waals surface area contributed by atoms with Gasteiger partial charge in [-0.15, -0.1) is 0 Å². The van der Waals surface area contributed by atoms with Gasteiger partial charge in [-0.05, 0) is 12.1 Å². The van der Waals surface area contributed by atoms with Crippen LogP contribution in [0.1, 0.15) is 0 Å². The maximum atomic E-state index is 4.43. The average Bonchev–Trinajstić information content (AvgIpc) is 2.82. The van der Waals surface area contributed by atoms with Crippen LogP contribution in [-0.2, 0) is 0 Å². The highest BCUT2D eigenvalue weighted by atomic mass is 15.1. The van der Waals surface area contributed by atoms with Crippen molar-refractivity contribution in [2.24, 2.45) is 0 Å². The van der Waals surface area contributed by atoms with Crippen molar-refractivity contribution in [1.29, 1.82) is 0 Å². The van der Waals surface area contributed by atoms with Crippen molar-refractivity contribution in [3.63, 3.8) is 0 Å². The van der Waals surface area contributed by atoms with Crippen molar-refractivity contribution < 1.29 is 0 Å². The zero-order valence-corrected chi connectivity index (χ0v) is 8.38. The van der Waals surface area contributed by atoms with E-state index >= 15 is 0 Å². The molecule has 0 amide bonds. The van der Waals surface area contributed by atoms with Crippen molar-refractivity contribution in [3.8, 4) is 0 Å². The predicted molar refractivity (Wildman–Crippen MR) is 61.4 cm³/mol. The number of aromatic nitrogens is 4. The summed E-state index contributed by atoms with van der Waals surface area (Å²) in [5.41, 5.74) is 2.63. The number of rotatable bonds is 2. The van der Waals surface area contributed by atoms with Crippen molar-refractivity contribution in [2.75, 3.05) is 5.32 Å². The van der Waals surface area contributed by atoms with Gasteiger partial charge in [0, 0.05) is 6.20 Å². The Bertz CT molecular complexity index is 603. The van der Waals surface area contributed by atoms with E-state index in [9.17, 15) is 0 Å². The van der Waals surface area contributed by atoms with Crippen LogP contribution in [0.4, 0.5) is 11.5 Å². The Hall–Kier alpha value is -2.43. The van der Waals surface area contributed by atoms with Gasteiger partial charge >= 0.3 is 0 Å². The summed E-state index contributed by atoms with van der Waals surface area (Å²) in [6.07, 6.45) is 5.16. The number of H-pyrrole nitrogens is 1. The fourth-order valence-corrected chi connectivity index (χ4v) is 1.48. The molecule has 0 spiro atoms. The first kappa shape index (κ1) is 8.84. The van der Waals surface area contributed by atoms with E-state index in [1.807, 2.05) is 24.3 Å². The Labute approximate surface area is 91.6 Å². The molecule has 0 fully saturated rings. The molecule has 3 rings (SSSR count). The fourth-order valence-electron chi connectivity index (χ4n) is 1.48. The Kier molecular flexibility index (Phi) is 2.00. The van der Waals surface area contributed by atoms with Gasteiger partial charge < -0.3 is 5.32 Å². The molecule has 5 heteroatoms. The van der Waals surface area contributed by atoms with Gasteiger partial charge in [-0.1, -0.05) is 12.1 Å². The summed E-state index contributed by atoms with van der Waals surface area (Å²) in [5.74, 6) is 0.708. The molecule has 2 heterocycles. The topological polar surface area (TPSA) is 66.5 Å². The largest absolute Gasteiger partial charge is 0.336 e. The highest BCUT2D eigenvalue weighted by Crippen LogP contribution is 2.15. The molecule has 0 aliphatic heterocycles. The summed E-state index contributed by atoms with van der Waals surface area (Å²) in [4.78, 5) is 8.74. The number of nitrogens with zero attached hydrogens (tertiary/aromatic N) is 3. The average molecular weight is 211 g/mol. The van der Waals surface area contributed by atoms with Crippen LogP contribution < -0.4 is 5.32 Å². The van der Waals surface area contributed by atoms with Gasteiger partial charge in [0.25, 0.3) is 0 Å². The van der Waals surface area contributed by atoms with Gasteiger partial charge in [0.1, 0.15) is 5.82 Å². The van der Waals surface area contributed by atoms with Crippen LogP contribution in [0.5, 0.6) is 0 Å². The van der Waals surface area contributed by atoms with Crippen molar-refractivity contribution in [3.05, 3.63) is 42.9 Å². The first-order valence-electron chi connectivity index (χ1n) is 4.89. The van der Waals surface area contributed by atoms with Gasteiger partial charge in [-0.2, -0.15) is 5.10 Å². The maximum absolute atomic E-state index is 4.43. The number of hydrogen-bond donors (Lipinski definition) is 2. The number of fused-ring (bicyclic) bond motifs is 1. The molecule has 0 aliphatic carbocycles. The summed E-state index contributed by atoms with van der Waals surface area (Å²) in [7, 11) is 0. The van der Waals surface area contributed by atoms with Crippen molar-refractivity contribution >= 4 is 22.5 Å². The SMILES string of the molecule is c1ccc2nc(Nc3cn[nH]c3)cnc2c1. The Morgan fingerprint density at radius 2 is 1.94 bits per heavy atom. The van der Waals surface area contributed by atoms with Crippen LogP contribution in [-0.4, -0.2) is 20.2 Å². The number of para-hydroxylation sites is 2. The van der Waals surface area contributed by atoms with E-state index in [-0.39, 0.29) is 0 Å². The summed E-state index contributed by atoms with van der Waals surface area (Å²) >= 11 is 0. The van der Waals surface area contributed by atoms with Gasteiger partial charge in [0.15, 0.2) is 0 Å². The van der Waals surface area contributed by atoms with Crippen LogP contribution in [0.15, 0.2) is 42.9 Å². The first-order valence-corrected chi connectivity index (χ1v) is 4.89. The molecule has 0 saturated heterocycles. The third kappa shape index (κ3) is 1.58. The lowest BCUT2D eigenvalue weighted by Gasteiger charge is -2.02. The highest BCUT2D eigenvalue weighted by molar-refractivity contribution is 5.75. The smallest absolute Gasteiger partial charge is 0.149 e. The van der Waals surface area contributed by atoms with Crippen LogP contribution in [0.3, 0.4) is 0 Å². The molecule has 2 aromatic heterocycles. The molecule has 0 bridgehead atoms. The number of aromatic amines is 1. The summed E-state index contributed by atoms with van der Waals surface area (Å²) < 4.78 is 0. The first-order chi connectivity index (χ1) is 7.92. The summed E-state index contributed by atoms with van der Waals surface area (Å²) in [6.45, 7) is 0. The van der Waals surface area contributed by atoms with E-state index in [0.717, 1.165) is 16.7 Å². The molecule has 0 radical (unpaired) electrons. The Balaban J connectivity index is 1.99. The monoisotopic (exact) mass is 211 g/mol. The third-order valence-corrected chi connectivity index (χ3v) is 2.22. The summed E-state index contributed by atoms with van der Waals surface area (Å²) in [5, 5.41) is 9.68. The zero-order chi connectivity index (χ0) is 10.8. The van der Waals surface area contributed by atoms with Crippen molar-refractivity contribution in [2.45, 2.75) is 0 Å². The summed E-state index contributed by atoms with van der Waals surface area (Å²) in [6, 6.07) is 7.76. The molecular weight excluding hydrogens is 202 g/mol. The number of nitrogens with one attached hydrogen (secondary N) is 2. The van der Waals surface area contributed by atoms with Crippen LogP contribution in [0.25, 0.3) is 11.0 Å². The van der Waals surface area contributed by atoms with E-state index < -0.39 is 0 Å². The zero-order valence-electron chi connectivity index (χ0n) is 8.38. The van der Waals surface area contributed by atoms with Gasteiger partial charge in [-0.3, -0.25) is 10.1 Å². The Morgan fingerprint density at radius 3 is 2.75 bits per heavy atom. The van der Waals surface area contributed by atoms with Crippen molar-refractivity contribution in [1.82, 2.24) is 20.2 Å². The molecule has 78 valence electrons. The van der Waals surface area contributed by atoms with Gasteiger partial charge in [-0.25, -0.2) is 4.98 Å². The van der Waals surface area contributed by atoms with Crippen LogP contribution >= 0.6 is 0 Å². The molecule has 1 aromatic carbocycles. The minimum atomic E-state index is 0.708. The second kappa shape index (κ2) is 3.62. The molecule has 5 nitrogen and oxygen atoms in total. The molecule has 16 heavy (non-hydrogen) atoms. The molecule has 2 N–H and O–H groups in total. The van der Waals surface area contributed by atoms with E-state index in [1.165, 1.54) is 0 Å². The lowest BCUT2D eigenvalue weighted by atomic mass is 10.3. The van der Waals surface area contributed by atoms with Crippen LogP contribution in [0, 0.1) is 0 Å². The highest BCUT2D eigenvalue weighted by Gasteiger charge is 1.99. The van der Waals surface area contributed by atoms with E-state index in [4.69, 9.17) is 0 Å². The quantitative estimate of drug-likeness (QED) is 0.681. The van der Waals surface area contributed by atoms with E-state index in [2.05, 4.69) is 25.5 Å². The normalized spacial score (nSPS) is 10.5. The Morgan fingerprint density at radius 1 is 1.06 bits per heavy atom. The second-order valence-corrected chi connectivity index (χ2v) is 3.36. The minimum Gasteiger partial charge on any atom is -0.336 e. The molecule has 0 atom stereocenters. The molecular formula is C11H9N5. The maximum Gasteiger partial charge on any atom is 0.149 e. The third-order valence-electron chi connectivity index (χ3n) is 2.22. The molecule has 0 aliphatic rings. The second-order valence-electron chi connectivity index (χ2n) is 3.36. The number of benzene rings is 1. The predicted octanol–water partition coefficient (Wildman–Crippen LogP) is 2.10.